The highest BCUT2D eigenvalue weighted by molar-refractivity contribution is 5.85. The third-order valence-corrected chi connectivity index (χ3v) is 2.36. The van der Waals surface area contributed by atoms with Gasteiger partial charge in [0.25, 0.3) is 0 Å². The maximum absolute atomic E-state index is 9.81. The first kappa shape index (κ1) is 15.8. The van der Waals surface area contributed by atoms with Crippen molar-refractivity contribution in [2.75, 3.05) is 20.8 Å². The summed E-state index contributed by atoms with van der Waals surface area (Å²) in [5, 5.41) is 18.6. The monoisotopic (exact) mass is 263 g/mol. The molecule has 0 aliphatic rings. The van der Waals surface area contributed by atoms with E-state index in [1.807, 2.05) is 0 Å². The zero-order valence-electron chi connectivity index (χ0n) is 9.84. The van der Waals surface area contributed by atoms with E-state index in [9.17, 15) is 5.11 Å². The summed E-state index contributed by atoms with van der Waals surface area (Å²) in [5.41, 5.74) is 6.32. The Balaban J connectivity index is 0.00000256. The molecule has 0 amide bonds. The lowest BCUT2D eigenvalue weighted by Gasteiger charge is -2.17. The zero-order valence-corrected chi connectivity index (χ0v) is 10.7. The lowest BCUT2D eigenvalue weighted by atomic mass is 10.0. The molecule has 0 radical (unpaired) electrons. The molecule has 0 unspecified atom stereocenters. The van der Waals surface area contributed by atoms with Crippen LogP contribution < -0.4 is 15.2 Å². The number of phenolic OH excluding ortho intramolecular Hbond substituents is 1. The molecule has 0 aliphatic heterocycles. The van der Waals surface area contributed by atoms with Crippen LogP contribution in [0.5, 0.6) is 17.2 Å². The summed E-state index contributed by atoms with van der Waals surface area (Å²) in [7, 11) is 2.99. The molecule has 0 spiro atoms. The number of phenols is 1. The number of aliphatic hydroxyl groups is 1. The van der Waals surface area contributed by atoms with Crippen LogP contribution in [0.3, 0.4) is 0 Å². The fourth-order valence-corrected chi connectivity index (χ4v) is 1.53. The number of hydrogen-bond donors (Lipinski definition) is 3. The fourth-order valence-electron chi connectivity index (χ4n) is 1.53. The molecule has 0 saturated heterocycles. The first-order chi connectivity index (χ1) is 7.63. The standard InChI is InChI=1S/C11H17NO4.ClH/c1-15-7-5-9(14)11(8(12)3-4-13)10(6-7)16-2;/h5-6,8,13-14H,3-4,12H2,1-2H3;1H/t8-;/m1./s1. The second-order valence-corrected chi connectivity index (χ2v) is 3.38. The minimum Gasteiger partial charge on any atom is -0.507 e. The van der Waals surface area contributed by atoms with E-state index in [1.165, 1.54) is 20.3 Å². The van der Waals surface area contributed by atoms with E-state index in [1.54, 1.807) is 6.07 Å². The highest BCUT2D eigenvalue weighted by Crippen LogP contribution is 2.37. The topological polar surface area (TPSA) is 84.9 Å². The highest BCUT2D eigenvalue weighted by atomic mass is 35.5. The molecule has 6 heteroatoms. The van der Waals surface area contributed by atoms with Crippen molar-refractivity contribution in [2.45, 2.75) is 12.5 Å². The highest BCUT2D eigenvalue weighted by Gasteiger charge is 2.17. The van der Waals surface area contributed by atoms with Crippen LogP contribution in [0.2, 0.25) is 0 Å². The second-order valence-electron chi connectivity index (χ2n) is 3.38. The summed E-state index contributed by atoms with van der Waals surface area (Å²) in [4.78, 5) is 0. The molecule has 1 rings (SSSR count). The number of rotatable bonds is 5. The predicted molar refractivity (Wildman–Crippen MR) is 67.1 cm³/mol. The molecule has 4 N–H and O–H groups in total. The van der Waals surface area contributed by atoms with Crippen molar-refractivity contribution < 1.29 is 19.7 Å². The summed E-state index contributed by atoms with van der Waals surface area (Å²) in [6, 6.07) is 2.65. The molecule has 0 aromatic heterocycles. The van der Waals surface area contributed by atoms with Gasteiger partial charge in [-0.15, -0.1) is 12.4 Å². The smallest absolute Gasteiger partial charge is 0.131 e. The second kappa shape index (κ2) is 7.21. The largest absolute Gasteiger partial charge is 0.507 e. The van der Waals surface area contributed by atoms with Crippen LogP contribution in [0.25, 0.3) is 0 Å². The van der Waals surface area contributed by atoms with Crippen LogP contribution in [0.1, 0.15) is 18.0 Å². The molecule has 1 aromatic carbocycles. The van der Waals surface area contributed by atoms with Gasteiger partial charge in [0.05, 0.1) is 19.8 Å². The molecule has 98 valence electrons. The number of methoxy groups -OCH3 is 2. The van der Waals surface area contributed by atoms with Gasteiger partial charge in [-0.2, -0.15) is 0 Å². The van der Waals surface area contributed by atoms with Gasteiger partial charge >= 0.3 is 0 Å². The Morgan fingerprint density at radius 2 is 1.94 bits per heavy atom. The van der Waals surface area contributed by atoms with Crippen molar-refractivity contribution in [3.05, 3.63) is 17.7 Å². The van der Waals surface area contributed by atoms with E-state index in [2.05, 4.69) is 0 Å². The molecule has 1 aromatic rings. The molecule has 17 heavy (non-hydrogen) atoms. The van der Waals surface area contributed by atoms with Gasteiger partial charge in [-0.1, -0.05) is 0 Å². The Morgan fingerprint density at radius 1 is 1.29 bits per heavy atom. The molecular weight excluding hydrogens is 246 g/mol. The van der Waals surface area contributed by atoms with E-state index in [4.69, 9.17) is 20.3 Å². The minimum absolute atomic E-state index is 0. The SMILES string of the molecule is COc1cc(O)c([C@H](N)CCO)c(OC)c1.Cl. The molecule has 0 bridgehead atoms. The summed E-state index contributed by atoms with van der Waals surface area (Å²) in [6.45, 7) is -0.0458. The van der Waals surface area contributed by atoms with Crippen LogP contribution in [0.4, 0.5) is 0 Å². The zero-order chi connectivity index (χ0) is 12.1. The number of hydrogen-bond acceptors (Lipinski definition) is 5. The molecule has 0 heterocycles. The van der Waals surface area contributed by atoms with Crippen molar-refractivity contribution in [1.82, 2.24) is 0 Å². The number of halogens is 1. The predicted octanol–water partition coefficient (Wildman–Crippen LogP) is 1.21. The maximum Gasteiger partial charge on any atom is 0.131 e. The van der Waals surface area contributed by atoms with Crippen LogP contribution in [0, 0.1) is 0 Å². The lowest BCUT2D eigenvalue weighted by molar-refractivity contribution is 0.273. The summed E-state index contributed by atoms with van der Waals surface area (Å²) in [5.74, 6) is 0.962. The Labute approximate surface area is 107 Å². The van der Waals surface area contributed by atoms with Crippen LogP contribution >= 0.6 is 12.4 Å². The molecule has 0 fully saturated rings. The number of aromatic hydroxyl groups is 1. The van der Waals surface area contributed by atoms with Gasteiger partial charge in [-0.25, -0.2) is 0 Å². The third-order valence-electron chi connectivity index (χ3n) is 2.36. The fraction of sp³-hybridized carbons (Fsp3) is 0.455. The quantitative estimate of drug-likeness (QED) is 0.744. The average Bonchev–Trinajstić information content (AvgIpc) is 2.27. The summed E-state index contributed by atoms with van der Waals surface area (Å²) >= 11 is 0. The van der Waals surface area contributed by atoms with E-state index in [0.29, 0.717) is 23.5 Å². The Bertz CT molecular complexity index is 360. The van der Waals surface area contributed by atoms with Gasteiger partial charge in [0, 0.05) is 24.8 Å². The number of aliphatic hydroxyl groups excluding tert-OH is 1. The van der Waals surface area contributed by atoms with E-state index >= 15 is 0 Å². The molecule has 1 atom stereocenters. The Morgan fingerprint density at radius 3 is 2.41 bits per heavy atom. The van der Waals surface area contributed by atoms with Crippen LogP contribution in [0.15, 0.2) is 12.1 Å². The van der Waals surface area contributed by atoms with Crippen LogP contribution in [-0.4, -0.2) is 31.0 Å². The average molecular weight is 264 g/mol. The number of nitrogens with two attached hydrogens (primary N) is 1. The van der Waals surface area contributed by atoms with Gasteiger partial charge in [0.2, 0.25) is 0 Å². The number of ether oxygens (including phenoxy) is 2. The first-order valence-corrected chi connectivity index (χ1v) is 4.95. The van der Waals surface area contributed by atoms with Crippen molar-refractivity contribution >= 4 is 12.4 Å². The van der Waals surface area contributed by atoms with Crippen molar-refractivity contribution in [2.24, 2.45) is 5.73 Å². The van der Waals surface area contributed by atoms with Crippen molar-refractivity contribution in [3.8, 4) is 17.2 Å². The Kier molecular flexibility index (Phi) is 6.72. The van der Waals surface area contributed by atoms with Gasteiger partial charge in [0.15, 0.2) is 0 Å². The normalized spacial score (nSPS) is 11.5. The van der Waals surface area contributed by atoms with Crippen molar-refractivity contribution in [3.63, 3.8) is 0 Å². The maximum atomic E-state index is 9.81. The van der Waals surface area contributed by atoms with E-state index < -0.39 is 6.04 Å². The molecule has 0 saturated carbocycles. The third kappa shape index (κ3) is 3.66. The minimum atomic E-state index is -0.467. The van der Waals surface area contributed by atoms with Gasteiger partial charge in [-0.3, -0.25) is 0 Å². The van der Waals surface area contributed by atoms with E-state index in [0.717, 1.165) is 0 Å². The summed E-state index contributed by atoms with van der Waals surface area (Å²) < 4.78 is 10.1. The molecule has 5 nitrogen and oxygen atoms in total. The molecular formula is C11H18ClNO4. The van der Waals surface area contributed by atoms with Crippen LogP contribution in [-0.2, 0) is 0 Å². The van der Waals surface area contributed by atoms with Gasteiger partial charge in [-0.05, 0) is 6.42 Å². The van der Waals surface area contributed by atoms with Gasteiger partial charge in [0.1, 0.15) is 17.2 Å². The Hall–Kier alpha value is -1.17. The van der Waals surface area contributed by atoms with E-state index in [-0.39, 0.29) is 24.8 Å². The van der Waals surface area contributed by atoms with Crippen molar-refractivity contribution in [1.29, 1.82) is 0 Å². The molecule has 0 aliphatic carbocycles. The lowest BCUT2D eigenvalue weighted by Crippen LogP contribution is -2.13. The number of benzene rings is 1. The van der Waals surface area contributed by atoms with Gasteiger partial charge < -0.3 is 25.4 Å². The summed E-state index contributed by atoms with van der Waals surface area (Å²) in [6.07, 6.45) is 0.357. The first-order valence-electron chi connectivity index (χ1n) is 4.95.